The van der Waals surface area contributed by atoms with Gasteiger partial charge in [-0.2, -0.15) is 0 Å². The second-order valence-corrected chi connectivity index (χ2v) is 4.64. The Balaban J connectivity index is 1.72. The van der Waals surface area contributed by atoms with Gasteiger partial charge in [-0.25, -0.2) is 0 Å². The summed E-state index contributed by atoms with van der Waals surface area (Å²) in [5.41, 5.74) is 1.22. The van der Waals surface area contributed by atoms with Crippen LogP contribution in [0.3, 0.4) is 0 Å². The molecule has 1 N–H and O–H groups in total. The highest BCUT2D eigenvalue weighted by Crippen LogP contribution is 2.33. The summed E-state index contributed by atoms with van der Waals surface area (Å²) in [6.45, 7) is 2.52. The van der Waals surface area contributed by atoms with Gasteiger partial charge < -0.3 is 14.6 Å². The number of aliphatic hydroxyl groups is 1. The number of ether oxygens (including phenoxy) is 2. The average molecular weight is 235 g/mol. The molecule has 92 valence electrons. The minimum absolute atomic E-state index is 0.255. The lowest BCUT2D eigenvalue weighted by atomic mass is 10.1. The van der Waals surface area contributed by atoms with Crippen LogP contribution >= 0.6 is 0 Å². The van der Waals surface area contributed by atoms with E-state index in [9.17, 15) is 5.11 Å². The van der Waals surface area contributed by atoms with Crippen molar-refractivity contribution < 1.29 is 14.6 Å². The van der Waals surface area contributed by atoms with Crippen LogP contribution in [-0.4, -0.2) is 36.0 Å². The Morgan fingerprint density at radius 1 is 1.29 bits per heavy atom. The molecular formula is C13H17NO3. The summed E-state index contributed by atoms with van der Waals surface area (Å²) in [5.74, 6) is 1.66. The number of aliphatic hydroxyl groups excluding tert-OH is 1. The maximum atomic E-state index is 9.28. The van der Waals surface area contributed by atoms with Gasteiger partial charge in [-0.3, -0.25) is 4.90 Å². The number of benzene rings is 1. The van der Waals surface area contributed by atoms with Gasteiger partial charge in [-0.05, 0) is 37.1 Å². The lowest BCUT2D eigenvalue weighted by molar-refractivity contribution is 0.153. The molecule has 1 atom stereocenters. The van der Waals surface area contributed by atoms with Crippen LogP contribution < -0.4 is 9.47 Å². The highest BCUT2D eigenvalue weighted by atomic mass is 16.7. The third-order valence-corrected chi connectivity index (χ3v) is 3.53. The number of rotatable bonds is 3. The van der Waals surface area contributed by atoms with Gasteiger partial charge in [0.05, 0.1) is 6.61 Å². The van der Waals surface area contributed by atoms with E-state index in [1.165, 1.54) is 12.0 Å². The van der Waals surface area contributed by atoms with Crippen LogP contribution in [0, 0.1) is 0 Å². The Morgan fingerprint density at radius 2 is 2.18 bits per heavy atom. The molecule has 1 unspecified atom stereocenters. The fourth-order valence-corrected chi connectivity index (χ4v) is 2.58. The predicted molar refractivity (Wildman–Crippen MR) is 63.1 cm³/mol. The topological polar surface area (TPSA) is 41.9 Å². The molecule has 0 radical (unpaired) electrons. The van der Waals surface area contributed by atoms with E-state index in [0.29, 0.717) is 12.8 Å². The van der Waals surface area contributed by atoms with Gasteiger partial charge in [0.15, 0.2) is 11.5 Å². The van der Waals surface area contributed by atoms with Crippen molar-refractivity contribution in [1.29, 1.82) is 0 Å². The third kappa shape index (κ3) is 2.10. The molecule has 1 aromatic rings. The van der Waals surface area contributed by atoms with Gasteiger partial charge in [-0.15, -0.1) is 0 Å². The van der Waals surface area contributed by atoms with E-state index >= 15 is 0 Å². The van der Waals surface area contributed by atoms with Gasteiger partial charge >= 0.3 is 0 Å². The van der Waals surface area contributed by atoms with Crippen LogP contribution in [0.25, 0.3) is 0 Å². The molecule has 2 heterocycles. The number of likely N-dealkylation sites (tertiary alicyclic amines) is 1. The zero-order valence-corrected chi connectivity index (χ0v) is 9.76. The Morgan fingerprint density at radius 3 is 3.06 bits per heavy atom. The molecule has 17 heavy (non-hydrogen) atoms. The minimum atomic E-state index is 0.255. The normalized spacial score (nSPS) is 23.2. The van der Waals surface area contributed by atoms with Crippen molar-refractivity contribution in [2.45, 2.75) is 25.4 Å². The summed E-state index contributed by atoms with van der Waals surface area (Å²) in [6, 6.07) is 6.39. The first-order valence-corrected chi connectivity index (χ1v) is 6.10. The summed E-state index contributed by atoms with van der Waals surface area (Å²) in [6.07, 6.45) is 2.27. The summed E-state index contributed by atoms with van der Waals surface area (Å²) >= 11 is 0. The largest absolute Gasteiger partial charge is 0.454 e. The molecule has 0 saturated carbocycles. The summed E-state index contributed by atoms with van der Waals surface area (Å²) in [7, 11) is 0. The van der Waals surface area contributed by atoms with Crippen molar-refractivity contribution in [2.24, 2.45) is 0 Å². The maximum absolute atomic E-state index is 9.28. The van der Waals surface area contributed by atoms with E-state index in [1.807, 2.05) is 12.1 Å². The second kappa shape index (κ2) is 4.55. The van der Waals surface area contributed by atoms with Crippen LogP contribution in [0.2, 0.25) is 0 Å². The van der Waals surface area contributed by atoms with E-state index in [0.717, 1.165) is 31.0 Å². The van der Waals surface area contributed by atoms with Gasteiger partial charge in [0.1, 0.15) is 0 Å². The molecule has 2 aliphatic heterocycles. The van der Waals surface area contributed by atoms with Crippen LogP contribution in [0.15, 0.2) is 18.2 Å². The molecular weight excluding hydrogens is 218 g/mol. The summed E-state index contributed by atoms with van der Waals surface area (Å²) < 4.78 is 10.7. The van der Waals surface area contributed by atoms with Crippen LogP contribution in [0.5, 0.6) is 11.5 Å². The van der Waals surface area contributed by atoms with Crippen molar-refractivity contribution in [1.82, 2.24) is 4.90 Å². The van der Waals surface area contributed by atoms with E-state index in [2.05, 4.69) is 11.0 Å². The average Bonchev–Trinajstić information content (AvgIpc) is 2.96. The molecule has 0 aromatic heterocycles. The first-order valence-electron chi connectivity index (χ1n) is 6.10. The molecule has 2 aliphatic rings. The third-order valence-electron chi connectivity index (χ3n) is 3.53. The number of fused-ring (bicyclic) bond motifs is 1. The molecule has 1 saturated heterocycles. The highest BCUT2D eigenvalue weighted by Gasteiger charge is 2.24. The van der Waals surface area contributed by atoms with E-state index in [-0.39, 0.29) is 6.61 Å². The Kier molecular flexibility index (Phi) is 2.91. The second-order valence-electron chi connectivity index (χ2n) is 4.64. The summed E-state index contributed by atoms with van der Waals surface area (Å²) in [4.78, 5) is 2.33. The Labute approximate surface area is 101 Å². The molecule has 1 aromatic carbocycles. The van der Waals surface area contributed by atoms with Crippen molar-refractivity contribution in [3.05, 3.63) is 23.8 Å². The molecule has 3 rings (SSSR count). The van der Waals surface area contributed by atoms with Crippen molar-refractivity contribution in [3.63, 3.8) is 0 Å². The Hall–Kier alpha value is -1.26. The molecule has 0 spiro atoms. The van der Waals surface area contributed by atoms with Gasteiger partial charge in [-0.1, -0.05) is 6.07 Å². The maximum Gasteiger partial charge on any atom is 0.231 e. The fourth-order valence-electron chi connectivity index (χ4n) is 2.58. The molecule has 0 amide bonds. The van der Waals surface area contributed by atoms with Crippen LogP contribution in [0.1, 0.15) is 18.4 Å². The van der Waals surface area contributed by atoms with Gasteiger partial charge in [0.2, 0.25) is 6.79 Å². The Bertz CT molecular complexity index is 408. The lowest BCUT2D eigenvalue weighted by Crippen LogP contribution is -2.31. The molecule has 0 bridgehead atoms. The number of hydrogen-bond acceptors (Lipinski definition) is 4. The SMILES string of the molecule is OCC1CCCN1Cc1ccc2c(c1)OCO2. The number of nitrogens with zero attached hydrogens (tertiary/aromatic N) is 1. The fraction of sp³-hybridized carbons (Fsp3) is 0.538. The smallest absolute Gasteiger partial charge is 0.231 e. The highest BCUT2D eigenvalue weighted by molar-refractivity contribution is 5.44. The molecule has 4 nitrogen and oxygen atoms in total. The van der Waals surface area contributed by atoms with Gasteiger partial charge in [0, 0.05) is 12.6 Å². The zero-order valence-electron chi connectivity index (χ0n) is 9.76. The predicted octanol–water partition coefficient (Wildman–Crippen LogP) is 1.37. The molecule has 0 aliphatic carbocycles. The van der Waals surface area contributed by atoms with E-state index < -0.39 is 0 Å². The first-order chi connectivity index (χ1) is 8.36. The quantitative estimate of drug-likeness (QED) is 0.859. The number of hydrogen-bond donors (Lipinski definition) is 1. The van der Waals surface area contributed by atoms with E-state index in [1.54, 1.807) is 0 Å². The summed E-state index contributed by atoms with van der Waals surface area (Å²) in [5, 5.41) is 9.28. The van der Waals surface area contributed by atoms with Crippen molar-refractivity contribution >= 4 is 0 Å². The van der Waals surface area contributed by atoms with Crippen molar-refractivity contribution in [2.75, 3.05) is 19.9 Å². The molecule has 4 heteroatoms. The minimum Gasteiger partial charge on any atom is -0.454 e. The lowest BCUT2D eigenvalue weighted by Gasteiger charge is -2.22. The van der Waals surface area contributed by atoms with Crippen LogP contribution in [0.4, 0.5) is 0 Å². The first kappa shape index (κ1) is 10.9. The standard InChI is InChI=1S/C13H17NO3/c15-8-11-2-1-5-14(11)7-10-3-4-12-13(6-10)17-9-16-12/h3-4,6,11,15H,1-2,5,7-9H2. The van der Waals surface area contributed by atoms with Crippen LogP contribution in [-0.2, 0) is 6.54 Å². The van der Waals surface area contributed by atoms with Gasteiger partial charge in [0.25, 0.3) is 0 Å². The monoisotopic (exact) mass is 235 g/mol. The molecule has 1 fully saturated rings. The van der Waals surface area contributed by atoms with Crippen molar-refractivity contribution in [3.8, 4) is 11.5 Å². The zero-order chi connectivity index (χ0) is 11.7. The van der Waals surface area contributed by atoms with E-state index in [4.69, 9.17) is 9.47 Å².